The van der Waals surface area contributed by atoms with Gasteiger partial charge in [0, 0.05) is 0 Å². The van der Waals surface area contributed by atoms with Gasteiger partial charge in [-0.3, -0.25) is 4.79 Å². The SMILES string of the molecule is CCOC(=O)C(=O)C(C#N)c1ccccc1-c1cccc2ccccc12. The average Bonchev–Trinajstić information content (AvgIpc) is 2.68. The molecule has 0 fully saturated rings. The smallest absolute Gasteiger partial charge is 0.376 e. The van der Waals surface area contributed by atoms with Crippen LogP contribution >= 0.6 is 0 Å². The van der Waals surface area contributed by atoms with Crippen molar-refractivity contribution in [2.24, 2.45) is 0 Å². The Morgan fingerprint density at radius 2 is 1.62 bits per heavy atom. The van der Waals surface area contributed by atoms with Crippen molar-refractivity contribution in [3.63, 3.8) is 0 Å². The molecule has 0 aliphatic rings. The Bertz CT molecular complexity index is 1010. The van der Waals surface area contributed by atoms with Crippen LogP contribution in [0.25, 0.3) is 21.9 Å². The predicted octanol–water partition coefficient (Wildman–Crippen LogP) is 4.25. The minimum atomic E-state index is -1.20. The molecule has 0 aliphatic carbocycles. The lowest BCUT2D eigenvalue weighted by Crippen LogP contribution is -2.24. The average molecular weight is 343 g/mol. The van der Waals surface area contributed by atoms with Crippen LogP contribution in [0.1, 0.15) is 18.4 Å². The monoisotopic (exact) mass is 343 g/mol. The number of hydrogen-bond donors (Lipinski definition) is 0. The van der Waals surface area contributed by atoms with E-state index in [0.717, 1.165) is 21.9 Å². The van der Waals surface area contributed by atoms with Gasteiger partial charge in [0.2, 0.25) is 0 Å². The topological polar surface area (TPSA) is 67.2 Å². The van der Waals surface area contributed by atoms with Crippen LogP contribution in [0.5, 0.6) is 0 Å². The Kier molecular flexibility index (Phi) is 5.09. The number of rotatable bonds is 5. The maximum absolute atomic E-state index is 12.4. The molecule has 1 atom stereocenters. The molecule has 0 saturated carbocycles. The normalized spacial score (nSPS) is 11.5. The number of carbonyl (C=O) groups is 2. The van der Waals surface area contributed by atoms with E-state index in [4.69, 9.17) is 4.74 Å². The molecule has 1 unspecified atom stereocenters. The molecule has 0 spiro atoms. The van der Waals surface area contributed by atoms with Gasteiger partial charge >= 0.3 is 5.97 Å². The number of fused-ring (bicyclic) bond motifs is 1. The second-order valence-electron chi connectivity index (χ2n) is 5.76. The number of benzene rings is 3. The molecule has 3 aromatic rings. The van der Waals surface area contributed by atoms with Crippen molar-refractivity contribution in [1.82, 2.24) is 0 Å². The quantitative estimate of drug-likeness (QED) is 0.513. The summed E-state index contributed by atoms with van der Waals surface area (Å²) in [6.07, 6.45) is 0. The number of ketones is 1. The zero-order valence-electron chi connectivity index (χ0n) is 14.3. The number of hydrogen-bond acceptors (Lipinski definition) is 4. The fourth-order valence-electron chi connectivity index (χ4n) is 3.04. The van der Waals surface area contributed by atoms with Crippen molar-refractivity contribution < 1.29 is 14.3 Å². The van der Waals surface area contributed by atoms with Gasteiger partial charge in [0.25, 0.3) is 5.78 Å². The van der Waals surface area contributed by atoms with Gasteiger partial charge in [0.1, 0.15) is 5.92 Å². The fraction of sp³-hybridized carbons (Fsp3) is 0.136. The molecule has 26 heavy (non-hydrogen) atoms. The highest BCUT2D eigenvalue weighted by atomic mass is 16.5. The molecular formula is C22H17NO3. The van der Waals surface area contributed by atoms with E-state index in [9.17, 15) is 14.9 Å². The summed E-state index contributed by atoms with van der Waals surface area (Å²) in [7, 11) is 0. The van der Waals surface area contributed by atoms with E-state index in [1.165, 1.54) is 0 Å². The van der Waals surface area contributed by atoms with E-state index in [-0.39, 0.29) is 6.61 Å². The molecule has 0 saturated heterocycles. The third-order valence-corrected chi connectivity index (χ3v) is 4.22. The molecule has 4 nitrogen and oxygen atoms in total. The number of Topliss-reactive ketones (excluding diaryl/α,β-unsaturated/α-hetero) is 1. The van der Waals surface area contributed by atoms with Crippen LogP contribution in [0.15, 0.2) is 66.7 Å². The van der Waals surface area contributed by atoms with E-state index in [1.54, 1.807) is 19.1 Å². The van der Waals surface area contributed by atoms with Crippen LogP contribution in [0.4, 0.5) is 0 Å². The second-order valence-corrected chi connectivity index (χ2v) is 5.76. The van der Waals surface area contributed by atoms with Crippen LogP contribution in [0, 0.1) is 11.3 Å². The first-order valence-corrected chi connectivity index (χ1v) is 8.35. The lowest BCUT2D eigenvalue weighted by Gasteiger charge is -2.15. The summed E-state index contributed by atoms with van der Waals surface area (Å²) >= 11 is 0. The van der Waals surface area contributed by atoms with E-state index in [1.807, 2.05) is 60.7 Å². The van der Waals surface area contributed by atoms with Crippen LogP contribution in [0.2, 0.25) is 0 Å². The minimum Gasteiger partial charge on any atom is -0.460 e. The van der Waals surface area contributed by atoms with E-state index >= 15 is 0 Å². The Hall–Kier alpha value is -3.45. The summed E-state index contributed by atoms with van der Waals surface area (Å²) in [6.45, 7) is 1.71. The summed E-state index contributed by atoms with van der Waals surface area (Å²) in [5, 5.41) is 11.6. The van der Waals surface area contributed by atoms with Crippen molar-refractivity contribution in [3.05, 3.63) is 72.3 Å². The number of esters is 1. The highest BCUT2D eigenvalue weighted by molar-refractivity contribution is 6.36. The molecule has 0 bridgehead atoms. The van der Waals surface area contributed by atoms with Crippen LogP contribution in [0.3, 0.4) is 0 Å². The van der Waals surface area contributed by atoms with Gasteiger partial charge in [-0.2, -0.15) is 5.26 Å². The summed E-state index contributed by atoms with van der Waals surface area (Å²) in [6, 6.07) is 22.9. The maximum atomic E-state index is 12.4. The highest BCUT2D eigenvalue weighted by Crippen LogP contribution is 2.34. The van der Waals surface area contributed by atoms with Gasteiger partial charge in [0.15, 0.2) is 0 Å². The van der Waals surface area contributed by atoms with Crippen LogP contribution < -0.4 is 0 Å². The zero-order valence-corrected chi connectivity index (χ0v) is 14.3. The van der Waals surface area contributed by atoms with Crippen LogP contribution in [-0.2, 0) is 14.3 Å². The number of nitrogens with zero attached hydrogens (tertiary/aromatic N) is 1. The Balaban J connectivity index is 2.15. The first-order chi connectivity index (χ1) is 12.7. The van der Waals surface area contributed by atoms with Gasteiger partial charge in [0.05, 0.1) is 12.7 Å². The van der Waals surface area contributed by atoms with E-state index < -0.39 is 17.7 Å². The highest BCUT2D eigenvalue weighted by Gasteiger charge is 2.30. The number of ether oxygens (including phenoxy) is 1. The molecule has 0 radical (unpaired) electrons. The molecule has 3 aromatic carbocycles. The molecule has 0 heterocycles. The summed E-state index contributed by atoms with van der Waals surface area (Å²) in [5.41, 5.74) is 2.17. The zero-order chi connectivity index (χ0) is 18.5. The van der Waals surface area contributed by atoms with Crippen molar-refractivity contribution >= 4 is 22.5 Å². The van der Waals surface area contributed by atoms with Crippen molar-refractivity contribution in [2.75, 3.05) is 6.61 Å². The van der Waals surface area contributed by atoms with Crippen molar-refractivity contribution in [1.29, 1.82) is 5.26 Å². The Labute approximate surface area is 151 Å². The summed E-state index contributed by atoms with van der Waals surface area (Å²) < 4.78 is 4.78. The van der Waals surface area contributed by atoms with Crippen LogP contribution in [-0.4, -0.2) is 18.4 Å². The molecule has 0 aromatic heterocycles. The predicted molar refractivity (Wildman–Crippen MR) is 99.4 cm³/mol. The minimum absolute atomic E-state index is 0.0910. The summed E-state index contributed by atoms with van der Waals surface area (Å²) in [4.78, 5) is 24.3. The number of nitriles is 1. The molecule has 4 heteroatoms. The first kappa shape index (κ1) is 17.4. The van der Waals surface area contributed by atoms with Gasteiger partial charge in [-0.25, -0.2) is 4.79 Å². The standard InChI is InChI=1S/C22H17NO3/c1-2-26-22(25)21(24)20(14-23)19-12-6-5-11-18(19)17-13-7-9-15-8-3-4-10-16(15)17/h3-13,20H,2H2,1H3. The third kappa shape index (κ3) is 3.20. The fourth-order valence-corrected chi connectivity index (χ4v) is 3.04. The molecule has 128 valence electrons. The largest absolute Gasteiger partial charge is 0.460 e. The van der Waals surface area contributed by atoms with Gasteiger partial charge < -0.3 is 4.74 Å². The van der Waals surface area contributed by atoms with Crippen molar-refractivity contribution in [2.45, 2.75) is 12.8 Å². The molecule has 0 amide bonds. The van der Waals surface area contributed by atoms with Crippen molar-refractivity contribution in [3.8, 4) is 17.2 Å². The summed E-state index contributed by atoms with van der Waals surface area (Å²) in [5.74, 6) is -3.03. The molecule has 0 N–H and O–H groups in total. The first-order valence-electron chi connectivity index (χ1n) is 8.35. The molecule has 3 rings (SSSR count). The number of carbonyl (C=O) groups excluding carboxylic acids is 2. The lowest BCUT2D eigenvalue weighted by molar-refractivity contribution is -0.153. The molecule has 0 aliphatic heterocycles. The lowest BCUT2D eigenvalue weighted by atomic mass is 9.87. The van der Waals surface area contributed by atoms with E-state index in [0.29, 0.717) is 5.56 Å². The Morgan fingerprint density at radius 3 is 2.38 bits per heavy atom. The van der Waals surface area contributed by atoms with Gasteiger partial charge in [-0.05, 0) is 34.4 Å². The Morgan fingerprint density at radius 1 is 0.962 bits per heavy atom. The van der Waals surface area contributed by atoms with E-state index in [2.05, 4.69) is 0 Å². The van der Waals surface area contributed by atoms with Gasteiger partial charge in [-0.1, -0.05) is 66.7 Å². The molecular weight excluding hydrogens is 326 g/mol. The van der Waals surface area contributed by atoms with Gasteiger partial charge in [-0.15, -0.1) is 0 Å². The maximum Gasteiger partial charge on any atom is 0.376 e. The third-order valence-electron chi connectivity index (χ3n) is 4.22. The second kappa shape index (κ2) is 7.62.